The summed E-state index contributed by atoms with van der Waals surface area (Å²) < 4.78 is 0. The van der Waals surface area contributed by atoms with Gasteiger partial charge in [0.1, 0.15) is 0 Å². The molecule has 0 saturated carbocycles. The summed E-state index contributed by atoms with van der Waals surface area (Å²) >= 11 is 5.45. The highest BCUT2D eigenvalue weighted by atomic mass is 79.9. The minimum atomic E-state index is 0.595. The molecule has 82 valence electrons. The normalized spacial score (nSPS) is 19.3. The first-order chi connectivity index (χ1) is 7.33. The second-order valence-corrected chi connectivity index (χ2v) is 5.93. The first-order valence-corrected chi connectivity index (χ1v) is 7.41. The number of para-hydroxylation sites is 1. The monoisotopic (exact) mass is 285 g/mol. The Morgan fingerprint density at radius 2 is 2.13 bits per heavy atom. The van der Waals surface area contributed by atoms with E-state index in [9.17, 15) is 0 Å². The van der Waals surface area contributed by atoms with Crippen molar-refractivity contribution >= 4 is 33.4 Å². The number of hydrogen-bond donors (Lipinski definition) is 0. The summed E-state index contributed by atoms with van der Waals surface area (Å²) in [6.45, 7) is 3.47. The lowest BCUT2D eigenvalue weighted by Gasteiger charge is -2.23. The Morgan fingerprint density at radius 1 is 1.33 bits per heavy atom. The zero-order valence-corrected chi connectivity index (χ0v) is 11.4. The quantitative estimate of drug-likeness (QED) is 0.605. The van der Waals surface area contributed by atoms with Gasteiger partial charge >= 0.3 is 0 Å². The van der Waals surface area contributed by atoms with Gasteiger partial charge in [-0.15, -0.1) is 0 Å². The molecule has 1 unspecified atom stereocenters. The Kier molecular flexibility index (Phi) is 3.98. The zero-order chi connectivity index (χ0) is 10.7. The number of fused-ring (bicyclic) bond motifs is 1. The van der Waals surface area contributed by atoms with Gasteiger partial charge in [-0.2, -0.15) is 0 Å². The van der Waals surface area contributed by atoms with Gasteiger partial charge in [0, 0.05) is 16.8 Å². The van der Waals surface area contributed by atoms with Crippen LogP contribution in [0.3, 0.4) is 0 Å². The smallest absolute Gasteiger partial charge is 0.0769 e. The molecule has 1 nitrogen and oxygen atoms in total. The average Bonchev–Trinajstić information content (AvgIpc) is 2.56. The molecule has 0 radical (unpaired) electrons. The Hall–Kier alpha value is -0.150. The summed E-state index contributed by atoms with van der Waals surface area (Å²) in [4.78, 5) is 3.95. The molecule has 0 spiro atoms. The maximum absolute atomic E-state index is 3.48. The molecule has 1 aromatic carbocycles. The van der Waals surface area contributed by atoms with Crippen LogP contribution >= 0.6 is 27.7 Å². The number of anilines is 1. The Bertz CT molecular complexity index is 329. The van der Waals surface area contributed by atoms with Gasteiger partial charge in [0.25, 0.3) is 0 Å². The maximum atomic E-state index is 3.48. The largest absolute Gasteiger partial charge is 0.359 e. The lowest BCUT2D eigenvalue weighted by molar-refractivity contribution is 0.723. The minimum Gasteiger partial charge on any atom is -0.359 e. The molecule has 0 aromatic heterocycles. The summed E-state index contributed by atoms with van der Waals surface area (Å²) in [6.07, 6.45) is 2.53. The SMILES string of the molecule is CC1Sc2ccccc2N1CCCCBr. The van der Waals surface area contributed by atoms with E-state index in [1.807, 2.05) is 11.8 Å². The molecule has 2 rings (SSSR count). The maximum Gasteiger partial charge on any atom is 0.0769 e. The van der Waals surface area contributed by atoms with E-state index in [4.69, 9.17) is 0 Å². The molecular formula is C12H16BrNS. The summed E-state index contributed by atoms with van der Waals surface area (Å²) in [6, 6.07) is 8.72. The number of alkyl halides is 1. The highest BCUT2D eigenvalue weighted by Crippen LogP contribution is 2.42. The summed E-state index contributed by atoms with van der Waals surface area (Å²) in [5.41, 5.74) is 1.42. The fourth-order valence-corrected chi connectivity index (χ4v) is 3.49. The van der Waals surface area contributed by atoms with Crippen LogP contribution in [0.25, 0.3) is 0 Å². The van der Waals surface area contributed by atoms with Crippen LogP contribution in [-0.4, -0.2) is 17.2 Å². The van der Waals surface area contributed by atoms with Crippen molar-refractivity contribution in [2.75, 3.05) is 16.8 Å². The van der Waals surface area contributed by atoms with E-state index in [0.717, 1.165) is 5.33 Å². The average molecular weight is 286 g/mol. The molecule has 1 atom stereocenters. The molecule has 0 saturated heterocycles. The summed E-state index contributed by atoms with van der Waals surface area (Å²) in [7, 11) is 0. The van der Waals surface area contributed by atoms with Crippen LogP contribution in [0.4, 0.5) is 5.69 Å². The fraction of sp³-hybridized carbons (Fsp3) is 0.500. The molecule has 1 aromatic rings. The van der Waals surface area contributed by atoms with Crippen molar-refractivity contribution in [3.63, 3.8) is 0 Å². The van der Waals surface area contributed by atoms with Crippen molar-refractivity contribution in [1.82, 2.24) is 0 Å². The molecule has 0 amide bonds. The van der Waals surface area contributed by atoms with Crippen LogP contribution in [0.5, 0.6) is 0 Å². The highest BCUT2D eigenvalue weighted by Gasteiger charge is 2.25. The van der Waals surface area contributed by atoms with E-state index in [-0.39, 0.29) is 0 Å². The van der Waals surface area contributed by atoms with E-state index in [1.165, 1.54) is 30.0 Å². The van der Waals surface area contributed by atoms with Crippen LogP contribution in [-0.2, 0) is 0 Å². The summed E-state index contributed by atoms with van der Waals surface area (Å²) in [5.74, 6) is 0. The number of nitrogens with zero attached hydrogens (tertiary/aromatic N) is 1. The van der Waals surface area contributed by atoms with Crippen LogP contribution in [0.2, 0.25) is 0 Å². The second kappa shape index (κ2) is 5.26. The standard InChI is InChI=1S/C12H16BrNS/c1-10-14(9-5-4-8-13)11-6-2-3-7-12(11)15-10/h2-3,6-7,10H,4-5,8-9H2,1H3. The third-order valence-corrected chi connectivity index (χ3v) is 4.45. The second-order valence-electron chi connectivity index (χ2n) is 3.77. The lowest BCUT2D eigenvalue weighted by atomic mass is 10.2. The van der Waals surface area contributed by atoms with Crippen molar-refractivity contribution in [2.24, 2.45) is 0 Å². The number of halogens is 1. The van der Waals surface area contributed by atoms with Crippen LogP contribution in [0.15, 0.2) is 29.2 Å². The predicted molar refractivity (Wildman–Crippen MR) is 72.1 cm³/mol. The number of unbranched alkanes of at least 4 members (excludes halogenated alkanes) is 1. The Balaban J connectivity index is 2.05. The Morgan fingerprint density at radius 3 is 2.93 bits per heavy atom. The van der Waals surface area contributed by atoms with Crippen molar-refractivity contribution in [2.45, 2.75) is 30.0 Å². The number of thioether (sulfide) groups is 1. The van der Waals surface area contributed by atoms with Gasteiger partial charge in [0.15, 0.2) is 0 Å². The van der Waals surface area contributed by atoms with Gasteiger partial charge in [-0.1, -0.05) is 39.8 Å². The van der Waals surface area contributed by atoms with Crippen LogP contribution < -0.4 is 4.90 Å². The van der Waals surface area contributed by atoms with Gasteiger partial charge < -0.3 is 4.90 Å². The zero-order valence-electron chi connectivity index (χ0n) is 8.95. The van der Waals surface area contributed by atoms with E-state index < -0.39 is 0 Å². The highest BCUT2D eigenvalue weighted by molar-refractivity contribution is 9.09. The first kappa shape index (κ1) is 11.3. The van der Waals surface area contributed by atoms with E-state index >= 15 is 0 Å². The van der Waals surface area contributed by atoms with Crippen molar-refractivity contribution < 1.29 is 0 Å². The van der Waals surface area contributed by atoms with Crippen molar-refractivity contribution in [1.29, 1.82) is 0 Å². The van der Waals surface area contributed by atoms with Gasteiger partial charge in [0.2, 0.25) is 0 Å². The minimum absolute atomic E-state index is 0.595. The molecule has 0 fully saturated rings. The molecule has 0 aliphatic carbocycles. The van der Waals surface area contributed by atoms with Crippen LogP contribution in [0.1, 0.15) is 19.8 Å². The molecule has 1 heterocycles. The van der Waals surface area contributed by atoms with Gasteiger partial charge in [-0.05, 0) is 31.9 Å². The van der Waals surface area contributed by atoms with Gasteiger partial charge in [-0.25, -0.2) is 0 Å². The number of rotatable bonds is 4. The molecule has 1 aliphatic heterocycles. The topological polar surface area (TPSA) is 3.24 Å². The number of benzene rings is 1. The van der Waals surface area contributed by atoms with E-state index in [2.05, 4.69) is 52.0 Å². The molecule has 3 heteroatoms. The molecule has 0 N–H and O–H groups in total. The summed E-state index contributed by atoms with van der Waals surface area (Å²) in [5, 5.41) is 1.71. The molecular weight excluding hydrogens is 270 g/mol. The van der Waals surface area contributed by atoms with Crippen molar-refractivity contribution in [3.05, 3.63) is 24.3 Å². The molecule has 15 heavy (non-hydrogen) atoms. The third-order valence-electron chi connectivity index (χ3n) is 2.69. The number of hydrogen-bond acceptors (Lipinski definition) is 2. The first-order valence-electron chi connectivity index (χ1n) is 5.41. The molecule has 1 aliphatic rings. The van der Waals surface area contributed by atoms with E-state index in [1.54, 1.807) is 0 Å². The molecule has 0 bridgehead atoms. The fourth-order valence-electron chi connectivity index (χ4n) is 1.92. The van der Waals surface area contributed by atoms with E-state index in [0.29, 0.717) is 5.37 Å². The van der Waals surface area contributed by atoms with Gasteiger partial charge in [-0.3, -0.25) is 0 Å². The van der Waals surface area contributed by atoms with Crippen molar-refractivity contribution in [3.8, 4) is 0 Å². The predicted octanol–water partition coefficient (Wildman–Crippen LogP) is 4.12. The Labute approximate surface area is 104 Å². The third kappa shape index (κ3) is 2.51. The van der Waals surface area contributed by atoms with Gasteiger partial charge in [0.05, 0.1) is 11.1 Å². The van der Waals surface area contributed by atoms with Crippen LogP contribution in [0, 0.1) is 0 Å². The lowest BCUT2D eigenvalue weighted by Crippen LogP contribution is -2.27.